The Balaban J connectivity index is 1.54. The van der Waals surface area contributed by atoms with Crippen LogP contribution < -0.4 is 4.74 Å². The lowest BCUT2D eigenvalue weighted by Crippen LogP contribution is -2.05. The van der Waals surface area contributed by atoms with Gasteiger partial charge in [-0.25, -0.2) is 9.78 Å². The number of benzene rings is 3. The Labute approximate surface area is 180 Å². The molecule has 0 fully saturated rings. The van der Waals surface area contributed by atoms with E-state index in [1.165, 1.54) is 0 Å². The number of hydrogen-bond donors (Lipinski definition) is 1. The van der Waals surface area contributed by atoms with Gasteiger partial charge in [0.2, 0.25) is 0 Å². The third-order valence-corrected chi connectivity index (χ3v) is 5.64. The van der Waals surface area contributed by atoms with Crippen LogP contribution in [0.3, 0.4) is 0 Å². The fraction of sp³-hybridized carbons (Fsp3) is 0.111. The highest BCUT2D eigenvalue weighted by atomic mass is 16.5. The van der Waals surface area contributed by atoms with Crippen molar-refractivity contribution in [2.45, 2.75) is 19.4 Å². The van der Waals surface area contributed by atoms with E-state index in [2.05, 4.69) is 6.08 Å². The molecule has 152 valence electrons. The maximum Gasteiger partial charge on any atom is 0.336 e. The van der Waals surface area contributed by atoms with E-state index in [1.807, 2.05) is 78.9 Å². The first kappa shape index (κ1) is 19.1. The summed E-state index contributed by atoms with van der Waals surface area (Å²) in [5.41, 5.74) is 5.80. The molecule has 4 heteroatoms. The van der Waals surface area contributed by atoms with Crippen molar-refractivity contribution >= 4 is 28.5 Å². The first-order valence-corrected chi connectivity index (χ1v) is 10.3. The average Bonchev–Trinajstić information content (AvgIpc) is 3.19. The van der Waals surface area contributed by atoms with E-state index in [1.54, 1.807) is 0 Å². The van der Waals surface area contributed by atoms with Crippen LogP contribution in [0.15, 0.2) is 78.9 Å². The molecule has 5 rings (SSSR count). The van der Waals surface area contributed by atoms with E-state index >= 15 is 0 Å². The first-order valence-electron chi connectivity index (χ1n) is 10.3. The molecular formula is C27H21NO3. The van der Waals surface area contributed by atoms with Gasteiger partial charge in [0.1, 0.15) is 12.4 Å². The van der Waals surface area contributed by atoms with Gasteiger partial charge in [0.05, 0.1) is 16.8 Å². The number of nitrogens with zero attached hydrogens (tertiary/aromatic N) is 1. The second kappa shape index (κ2) is 8.07. The number of allylic oxidation sites excluding steroid dienone is 1. The number of aromatic nitrogens is 1. The maximum absolute atomic E-state index is 12.0. The third kappa shape index (κ3) is 3.68. The molecule has 0 unspecified atom stereocenters. The molecule has 31 heavy (non-hydrogen) atoms. The van der Waals surface area contributed by atoms with E-state index < -0.39 is 5.97 Å². The normalized spacial score (nSPS) is 14.0. The van der Waals surface area contributed by atoms with Gasteiger partial charge in [0.15, 0.2) is 0 Å². The molecule has 0 amide bonds. The molecular weight excluding hydrogens is 386 g/mol. The Morgan fingerprint density at radius 3 is 2.52 bits per heavy atom. The van der Waals surface area contributed by atoms with Crippen LogP contribution >= 0.6 is 0 Å². The summed E-state index contributed by atoms with van der Waals surface area (Å²) in [5, 5.41) is 10.6. The molecule has 4 nitrogen and oxygen atoms in total. The van der Waals surface area contributed by atoms with Crippen molar-refractivity contribution in [3.63, 3.8) is 0 Å². The number of ether oxygens (including phenoxy) is 1. The first-order chi connectivity index (χ1) is 15.2. The van der Waals surface area contributed by atoms with Crippen LogP contribution in [0.5, 0.6) is 5.75 Å². The predicted octanol–water partition coefficient (Wildman–Crippen LogP) is 6.00. The summed E-state index contributed by atoms with van der Waals surface area (Å²) in [5.74, 6) is -0.103. The van der Waals surface area contributed by atoms with Crippen LogP contribution in [0, 0.1) is 0 Å². The minimum absolute atomic E-state index is 0.373. The summed E-state index contributed by atoms with van der Waals surface area (Å²) in [4.78, 5) is 16.9. The lowest BCUT2D eigenvalue weighted by Gasteiger charge is -2.11. The predicted molar refractivity (Wildman–Crippen MR) is 122 cm³/mol. The van der Waals surface area contributed by atoms with Gasteiger partial charge in [-0.15, -0.1) is 0 Å². The van der Waals surface area contributed by atoms with Crippen molar-refractivity contribution < 1.29 is 14.6 Å². The van der Waals surface area contributed by atoms with E-state index in [0.717, 1.165) is 40.1 Å². The monoisotopic (exact) mass is 407 g/mol. The van der Waals surface area contributed by atoms with Crippen LogP contribution in [-0.4, -0.2) is 16.1 Å². The standard InChI is InChI=1S/C27H21NO3/c29-27(30)25-21-11-5-6-12-23(21)28-26-20(14-15-22(25)26)16-19-10-4-7-13-24(19)31-17-18-8-2-1-3-9-18/h1-13,16H,14-15,17H2,(H,29,30). The van der Waals surface area contributed by atoms with Crippen LogP contribution in [0.25, 0.3) is 22.6 Å². The fourth-order valence-corrected chi connectivity index (χ4v) is 4.18. The van der Waals surface area contributed by atoms with Gasteiger partial charge < -0.3 is 9.84 Å². The quantitative estimate of drug-likeness (QED) is 0.441. The Morgan fingerprint density at radius 2 is 1.68 bits per heavy atom. The molecule has 1 N–H and O–H groups in total. The Morgan fingerprint density at radius 1 is 0.935 bits per heavy atom. The average molecular weight is 407 g/mol. The van der Waals surface area contributed by atoms with E-state index in [0.29, 0.717) is 29.5 Å². The van der Waals surface area contributed by atoms with Crippen LogP contribution in [0.2, 0.25) is 0 Å². The molecule has 0 radical (unpaired) electrons. The summed E-state index contributed by atoms with van der Waals surface area (Å²) in [6.07, 6.45) is 3.51. The highest BCUT2D eigenvalue weighted by Crippen LogP contribution is 2.38. The second-order valence-electron chi connectivity index (χ2n) is 7.62. The number of hydrogen-bond acceptors (Lipinski definition) is 3. The zero-order valence-electron chi connectivity index (χ0n) is 16.9. The summed E-state index contributed by atoms with van der Waals surface area (Å²) >= 11 is 0. The highest BCUT2D eigenvalue weighted by molar-refractivity contribution is 6.06. The number of pyridine rings is 1. The van der Waals surface area contributed by atoms with Crippen LogP contribution in [0.4, 0.5) is 0 Å². The van der Waals surface area contributed by atoms with Gasteiger partial charge in [-0.3, -0.25) is 0 Å². The van der Waals surface area contributed by atoms with Crippen LogP contribution in [0.1, 0.15) is 39.2 Å². The van der Waals surface area contributed by atoms with Crippen molar-refractivity contribution in [3.05, 3.63) is 107 Å². The largest absolute Gasteiger partial charge is 0.488 e. The van der Waals surface area contributed by atoms with Crippen molar-refractivity contribution in [2.24, 2.45) is 0 Å². The molecule has 0 saturated heterocycles. The molecule has 0 spiro atoms. The highest BCUT2D eigenvalue weighted by Gasteiger charge is 2.26. The van der Waals surface area contributed by atoms with Gasteiger partial charge in [0, 0.05) is 10.9 Å². The molecule has 1 aliphatic rings. The number of carboxylic acids is 1. The maximum atomic E-state index is 12.0. The molecule has 0 atom stereocenters. The summed E-state index contributed by atoms with van der Waals surface area (Å²) in [6.45, 7) is 0.490. The molecule has 0 saturated carbocycles. The molecule has 3 aromatic carbocycles. The topological polar surface area (TPSA) is 59.4 Å². The lowest BCUT2D eigenvalue weighted by atomic mass is 10.0. The van der Waals surface area contributed by atoms with Crippen LogP contribution in [-0.2, 0) is 13.0 Å². The van der Waals surface area contributed by atoms with Gasteiger partial charge >= 0.3 is 5.97 Å². The van der Waals surface area contributed by atoms with Crippen molar-refractivity contribution in [3.8, 4) is 5.75 Å². The summed E-state index contributed by atoms with van der Waals surface area (Å²) in [6, 6.07) is 25.4. The zero-order valence-corrected chi connectivity index (χ0v) is 16.9. The van der Waals surface area contributed by atoms with Crippen molar-refractivity contribution in [1.29, 1.82) is 0 Å². The molecule has 0 aliphatic heterocycles. The van der Waals surface area contributed by atoms with Gasteiger partial charge in [-0.05, 0) is 47.8 Å². The zero-order chi connectivity index (χ0) is 21.2. The molecule has 1 aromatic heterocycles. The summed E-state index contributed by atoms with van der Waals surface area (Å²) < 4.78 is 6.09. The Bertz CT molecular complexity index is 1310. The SMILES string of the molecule is O=C(O)c1c2c(nc3ccccc13)C(=Cc1ccccc1OCc1ccccc1)CC2. The van der Waals surface area contributed by atoms with E-state index in [-0.39, 0.29) is 0 Å². The fourth-order valence-electron chi connectivity index (χ4n) is 4.18. The number of rotatable bonds is 5. The lowest BCUT2D eigenvalue weighted by molar-refractivity contribution is 0.0698. The third-order valence-electron chi connectivity index (χ3n) is 5.64. The van der Waals surface area contributed by atoms with E-state index in [4.69, 9.17) is 9.72 Å². The van der Waals surface area contributed by atoms with Gasteiger partial charge in [-0.1, -0.05) is 66.7 Å². The van der Waals surface area contributed by atoms with E-state index in [9.17, 15) is 9.90 Å². The molecule has 1 aliphatic carbocycles. The molecule has 4 aromatic rings. The molecule has 0 bridgehead atoms. The Kier molecular flexibility index (Phi) is 4.97. The number of para-hydroxylation sites is 2. The molecule has 1 heterocycles. The summed E-state index contributed by atoms with van der Waals surface area (Å²) in [7, 11) is 0. The number of carbonyl (C=O) groups is 1. The smallest absolute Gasteiger partial charge is 0.336 e. The van der Waals surface area contributed by atoms with Gasteiger partial charge in [0.25, 0.3) is 0 Å². The van der Waals surface area contributed by atoms with Gasteiger partial charge in [-0.2, -0.15) is 0 Å². The minimum atomic E-state index is -0.900. The minimum Gasteiger partial charge on any atom is -0.488 e. The number of fused-ring (bicyclic) bond motifs is 2. The Hall–Kier alpha value is -3.92. The number of carboxylic acid groups (broad SMARTS) is 1. The van der Waals surface area contributed by atoms with Crippen molar-refractivity contribution in [1.82, 2.24) is 4.98 Å². The number of aromatic carboxylic acids is 1. The van der Waals surface area contributed by atoms with Crippen molar-refractivity contribution in [2.75, 3.05) is 0 Å². The second-order valence-corrected chi connectivity index (χ2v) is 7.62.